The van der Waals surface area contributed by atoms with Crippen molar-refractivity contribution in [1.29, 1.82) is 0 Å². The number of nitrogens with one attached hydrogen (secondary N) is 1. The number of aromatic nitrogens is 1. The van der Waals surface area contributed by atoms with Gasteiger partial charge in [-0.3, -0.25) is 14.5 Å². The molecule has 0 aliphatic carbocycles. The van der Waals surface area contributed by atoms with Crippen molar-refractivity contribution in [3.63, 3.8) is 0 Å². The van der Waals surface area contributed by atoms with Crippen LogP contribution in [0, 0.1) is 0 Å². The Labute approximate surface area is 198 Å². The fourth-order valence-corrected chi connectivity index (χ4v) is 5.39. The van der Waals surface area contributed by atoms with Gasteiger partial charge in [-0.2, -0.15) is 0 Å². The van der Waals surface area contributed by atoms with Crippen molar-refractivity contribution >= 4 is 21.6 Å². The molecule has 1 aromatic heterocycles. The van der Waals surface area contributed by atoms with Gasteiger partial charge >= 0.3 is 0 Å². The summed E-state index contributed by atoms with van der Waals surface area (Å²) in [6.45, 7) is 1.69. The maximum atomic E-state index is 13.2. The lowest BCUT2D eigenvalue weighted by atomic mass is 10.1. The van der Waals surface area contributed by atoms with Gasteiger partial charge in [0.25, 0.3) is 15.9 Å². The van der Waals surface area contributed by atoms with Gasteiger partial charge in [-0.25, -0.2) is 8.42 Å². The molecule has 34 heavy (non-hydrogen) atoms. The summed E-state index contributed by atoms with van der Waals surface area (Å²) in [6, 6.07) is 15.0. The Bertz CT molecular complexity index is 1280. The van der Waals surface area contributed by atoms with E-state index in [4.69, 9.17) is 9.47 Å². The molecular formula is C25H25N3O5S. The highest BCUT2D eigenvalue weighted by Crippen LogP contribution is 2.34. The molecule has 0 unspecified atom stereocenters. The molecule has 0 spiro atoms. The molecule has 0 saturated carbocycles. The number of rotatable bonds is 5. The van der Waals surface area contributed by atoms with Gasteiger partial charge in [-0.05, 0) is 66.9 Å². The minimum Gasteiger partial charge on any atom is -0.490 e. The summed E-state index contributed by atoms with van der Waals surface area (Å²) >= 11 is 0. The zero-order valence-corrected chi connectivity index (χ0v) is 19.3. The number of carbonyl (C=O) groups is 1. The first-order valence-electron chi connectivity index (χ1n) is 11.2. The van der Waals surface area contributed by atoms with Crippen molar-refractivity contribution in [3.8, 4) is 11.5 Å². The van der Waals surface area contributed by atoms with Crippen molar-refractivity contribution in [2.24, 2.45) is 0 Å². The van der Waals surface area contributed by atoms with Crippen LogP contribution in [0.3, 0.4) is 0 Å². The maximum Gasteiger partial charge on any atom is 0.262 e. The second-order valence-corrected chi connectivity index (χ2v) is 9.96. The second-order valence-electron chi connectivity index (χ2n) is 8.28. The molecule has 3 heterocycles. The van der Waals surface area contributed by atoms with E-state index >= 15 is 0 Å². The first-order valence-corrected chi connectivity index (χ1v) is 12.7. The number of ether oxygens (including phenoxy) is 2. The number of hydrogen-bond donors (Lipinski definition) is 1. The number of hydrogen-bond acceptors (Lipinski definition) is 6. The molecule has 1 fully saturated rings. The topological polar surface area (TPSA) is 97.8 Å². The predicted molar refractivity (Wildman–Crippen MR) is 127 cm³/mol. The smallest absolute Gasteiger partial charge is 0.262 e. The van der Waals surface area contributed by atoms with Crippen molar-refractivity contribution in [2.45, 2.75) is 30.2 Å². The van der Waals surface area contributed by atoms with Gasteiger partial charge in [0.05, 0.1) is 24.2 Å². The molecular weight excluding hydrogens is 454 g/mol. The number of benzene rings is 2. The minimum absolute atomic E-state index is 0.0214. The molecule has 9 heteroatoms. The first-order chi connectivity index (χ1) is 16.5. The van der Waals surface area contributed by atoms with Crippen LogP contribution in [0.25, 0.3) is 0 Å². The summed E-state index contributed by atoms with van der Waals surface area (Å²) in [5.41, 5.74) is 1.95. The number of anilines is 1. The summed E-state index contributed by atoms with van der Waals surface area (Å²) in [5, 5.41) is 0. The SMILES string of the molecule is O=C(c1ccc(NS(=O)(=O)c2ccc3c(c2)OCCCO3)cc1)N1CCC[C@@H]1c1ccncc1. The van der Waals surface area contributed by atoms with Crippen LogP contribution in [-0.2, 0) is 10.0 Å². The number of amides is 1. The van der Waals surface area contributed by atoms with Crippen LogP contribution in [0.15, 0.2) is 71.9 Å². The third-order valence-electron chi connectivity index (χ3n) is 6.02. The van der Waals surface area contributed by atoms with Gasteiger partial charge in [0.1, 0.15) is 0 Å². The van der Waals surface area contributed by atoms with Crippen LogP contribution in [0.1, 0.15) is 41.2 Å². The van der Waals surface area contributed by atoms with E-state index in [0.29, 0.717) is 42.5 Å². The number of likely N-dealkylation sites (tertiary alicyclic amines) is 1. The van der Waals surface area contributed by atoms with Crippen LogP contribution in [-0.4, -0.2) is 44.0 Å². The first kappa shape index (κ1) is 22.2. The number of carbonyl (C=O) groups excluding carboxylic acids is 1. The van der Waals surface area contributed by atoms with Crippen LogP contribution < -0.4 is 14.2 Å². The number of fused-ring (bicyclic) bond motifs is 1. The van der Waals surface area contributed by atoms with E-state index in [0.717, 1.165) is 24.8 Å². The van der Waals surface area contributed by atoms with Crippen LogP contribution in [0.4, 0.5) is 5.69 Å². The van der Waals surface area contributed by atoms with Crippen LogP contribution in [0.2, 0.25) is 0 Å². The lowest BCUT2D eigenvalue weighted by molar-refractivity contribution is 0.0735. The Morgan fingerprint density at radius 1 is 0.941 bits per heavy atom. The summed E-state index contributed by atoms with van der Waals surface area (Å²) in [5.74, 6) is 0.874. The molecule has 2 aliphatic rings. The number of nitrogens with zero attached hydrogens (tertiary/aromatic N) is 2. The largest absolute Gasteiger partial charge is 0.490 e. The van der Waals surface area contributed by atoms with Gasteiger partial charge in [-0.1, -0.05) is 0 Å². The standard InChI is InChI=1S/C25H25N3O5S/c29-25(28-14-1-3-22(28)18-10-12-26-13-11-18)19-4-6-20(7-5-19)27-34(30,31)21-8-9-23-24(17-21)33-16-2-15-32-23/h4-13,17,22,27H,1-3,14-16H2/t22-/m1/s1. The number of pyridine rings is 1. The summed E-state index contributed by atoms with van der Waals surface area (Å²) < 4.78 is 39.6. The Morgan fingerprint density at radius 3 is 2.44 bits per heavy atom. The molecule has 0 radical (unpaired) electrons. The summed E-state index contributed by atoms with van der Waals surface area (Å²) in [4.78, 5) is 19.2. The lowest BCUT2D eigenvalue weighted by Gasteiger charge is -2.25. The van der Waals surface area contributed by atoms with E-state index in [9.17, 15) is 13.2 Å². The third-order valence-corrected chi connectivity index (χ3v) is 7.40. The van der Waals surface area contributed by atoms with Gasteiger partial charge in [0.15, 0.2) is 11.5 Å². The van der Waals surface area contributed by atoms with Crippen LogP contribution in [0.5, 0.6) is 11.5 Å². The molecule has 1 amide bonds. The average molecular weight is 480 g/mol. The van der Waals surface area contributed by atoms with Gasteiger partial charge < -0.3 is 14.4 Å². The molecule has 5 rings (SSSR count). The monoisotopic (exact) mass is 479 g/mol. The Kier molecular flexibility index (Phi) is 6.10. The van der Waals surface area contributed by atoms with E-state index in [1.165, 1.54) is 12.1 Å². The minimum atomic E-state index is -3.84. The maximum absolute atomic E-state index is 13.2. The molecule has 1 atom stereocenters. The van der Waals surface area contributed by atoms with E-state index in [1.807, 2.05) is 17.0 Å². The zero-order valence-electron chi connectivity index (χ0n) is 18.5. The van der Waals surface area contributed by atoms with E-state index in [2.05, 4.69) is 9.71 Å². The second kappa shape index (κ2) is 9.34. The Balaban J connectivity index is 1.30. The van der Waals surface area contributed by atoms with E-state index in [-0.39, 0.29) is 16.8 Å². The normalized spacial score (nSPS) is 17.8. The summed E-state index contributed by atoms with van der Waals surface area (Å²) in [7, 11) is -3.84. The fourth-order valence-electron chi connectivity index (χ4n) is 4.31. The highest BCUT2D eigenvalue weighted by Gasteiger charge is 2.30. The van der Waals surface area contributed by atoms with Crippen molar-refractivity contribution in [3.05, 3.63) is 78.1 Å². The highest BCUT2D eigenvalue weighted by atomic mass is 32.2. The molecule has 176 valence electrons. The van der Waals surface area contributed by atoms with Gasteiger partial charge in [-0.15, -0.1) is 0 Å². The highest BCUT2D eigenvalue weighted by molar-refractivity contribution is 7.92. The molecule has 2 aliphatic heterocycles. The van der Waals surface area contributed by atoms with Gasteiger partial charge in [0, 0.05) is 42.7 Å². The van der Waals surface area contributed by atoms with E-state index in [1.54, 1.807) is 42.7 Å². The number of sulfonamides is 1. The molecule has 0 bridgehead atoms. The van der Waals surface area contributed by atoms with Crippen molar-refractivity contribution in [2.75, 3.05) is 24.5 Å². The summed E-state index contributed by atoms with van der Waals surface area (Å²) in [6.07, 6.45) is 6.05. The molecule has 3 aromatic rings. The van der Waals surface area contributed by atoms with Crippen molar-refractivity contribution in [1.82, 2.24) is 9.88 Å². The third kappa shape index (κ3) is 4.56. The predicted octanol–water partition coefficient (Wildman–Crippen LogP) is 4.02. The molecule has 2 aromatic carbocycles. The molecule has 1 N–H and O–H groups in total. The average Bonchev–Trinajstić information content (AvgIpc) is 3.23. The quantitative estimate of drug-likeness (QED) is 0.594. The Hall–Kier alpha value is -3.59. The van der Waals surface area contributed by atoms with Crippen molar-refractivity contribution < 1.29 is 22.7 Å². The van der Waals surface area contributed by atoms with Gasteiger partial charge in [0.2, 0.25) is 0 Å². The zero-order chi connectivity index (χ0) is 23.5. The Morgan fingerprint density at radius 2 is 1.68 bits per heavy atom. The molecule has 8 nitrogen and oxygen atoms in total. The fraction of sp³-hybridized carbons (Fsp3) is 0.280. The van der Waals surface area contributed by atoms with Crippen LogP contribution >= 0.6 is 0 Å². The lowest BCUT2D eigenvalue weighted by Crippen LogP contribution is -2.30. The molecule has 1 saturated heterocycles. The van der Waals surface area contributed by atoms with E-state index < -0.39 is 10.0 Å².